The standard InChI is InChI=1S/C18H15NO4S/c1-22-17-14(12-7-9-23-10-12)6-5-13(16(17)18(20)21)11-24-15-4-2-3-8-19-15/h2-10H,11H2,1H3,(H,20,21). The lowest BCUT2D eigenvalue weighted by Crippen LogP contribution is -2.06. The first kappa shape index (κ1) is 16.1. The molecule has 0 saturated carbocycles. The van der Waals surface area contributed by atoms with E-state index in [1.807, 2.05) is 30.3 Å². The first-order valence-corrected chi connectivity index (χ1v) is 8.19. The van der Waals surface area contributed by atoms with E-state index in [0.717, 1.165) is 10.6 Å². The fraction of sp³-hybridized carbons (Fsp3) is 0.111. The lowest BCUT2D eigenvalue weighted by molar-refractivity contribution is 0.0692. The molecule has 2 aromatic heterocycles. The molecule has 5 nitrogen and oxygen atoms in total. The van der Waals surface area contributed by atoms with Crippen LogP contribution in [0.2, 0.25) is 0 Å². The fourth-order valence-corrected chi connectivity index (χ4v) is 3.27. The van der Waals surface area contributed by atoms with Gasteiger partial charge in [0.25, 0.3) is 0 Å². The first-order valence-electron chi connectivity index (χ1n) is 7.20. The molecule has 24 heavy (non-hydrogen) atoms. The number of thioether (sulfide) groups is 1. The van der Waals surface area contributed by atoms with E-state index in [2.05, 4.69) is 4.98 Å². The van der Waals surface area contributed by atoms with Gasteiger partial charge in [-0.05, 0) is 23.8 Å². The Bertz CT molecular complexity index is 832. The summed E-state index contributed by atoms with van der Waals surface area (Å²) in [6.07, 6.45) is 4.81. The molecule has 122 valence electrons. The number of methoxy groups -OCH3 is 1. The van der Waals surface area contributed by atoms with Gasteiger partial charge >= 0.3 is 5.97 Å². The monoisotopic (exact) mass is 341 g/mol. The Morgan fingerprint density at radius 1 is 1.29 bits per heavy atom. The lowest BCUT2D eigenvalue weighted by atomic mass is 9.99. The Morgan fingerprint density at radius 2 is 2.17 bits per heavy atom. The second-order valence-corrected chi connectivity index (χ2v) is 5.95. The number of hydrogen-bond acceptors (Lipinski definition) is 5. The molecule has 0 amide bonds. The molecule has 0 fully saturated rings. The van der Waals surface area contributed by atoms with Gasteiger partial charge in [-0.15, -0.1) is 11.8 Å². The smallest absolute Gasteiger partial charge is 0.339 e. The molecular formula is C18H15NO4S. The van der Waals surface area contributed by atoms with Gasteiger partial charge in [0.05, 0.1) is 24.7 Å². The van der Waals surface area contributed by atoms with Crippen molar-refractivity contribution in [2.45, 2.75) is 10.8 Å². The summed E-state index contributed by atoms with van der Waals surface area (Å²) in [5.74, 6) is -0.197. The molecule has 0 spiro atoms. The van der Waals surface area contributed by atoms with Crippen molar-refractivity contribution in [3.8, 4) is 16.9 Å². The highest BCUT2D eigenvalue weighted by molar-refractivity contribution is 7.98. The van der Waals surface area contributed by atoms with Gasteiger partial charge in [0.15, 0.2) is 0 Å². The predicted molar refractivity (Wildman–Crippen MR) is 91.5 cm³/mol. The van der Waals surface area contributed by atoms with E-state index in [1.54, 1.807) is 24.8 Å². The number of carbonyl (C=O) groups is 1. The molecule has 6 heteroatoms. The molecular weight excluding hydrogens is 326 g/mol. The van der Waals surface area contributed by atoms with Crippen LogP contribution < -0.4 is 4.74 Å². The highest BCUT2D eigenvalue weighted by Gasteiger charge is 2.21. The van der Waals surface area contributed by atoms with Crippen molar-refractivity contribution in [1.82, 2.24) is 4.98 Å². The normalized spacial score (nSPS) is 10.5. The summed E-state index contributed by atoms with van der Waals surface area (Å²) in [6.45, 7) is 0. The predicted octanol–water partition coefficient (Wildman–Crippen LogP) is 4.34. The Morgan fingerprint density at radius 3 is 2.79 bits per heavy atom. The van der Waals surface area contributed by atoms with E-state index < -0.39 is 5.97 Å². The number of aromatic nitrogens is 1. The van der Waals surface area contributed by atoms with Crippen LogP contribution >= 0.6 is 11.8 Å². The van der Waals surface area contributed by atoms with Crippen LogP contribution in [0.3, 0.4) is 0 Å². The number of carboxylic acid groups (broad SMARTS) is 1. The summed E-state index contributed by atoms with van der Waals surface area (Å²) in [5.41, 5.74) is 2.32. The number of nitrogens with zero attached hydrogens (tertiary/aromatic N) is 1. The second-order valence-electron chi connectivity index (χ2n) is 4.95. The van der Waals surface area contributed by atoms with E-state index in [9.17, 15) is 9.90 Å². The molecule has 0 bridgehead atoms. The molecule has 0 aliphatic carbocycles. The van der Waals surface area contributed by atoms with Crippen molar-refractivity contribution in [2.24, 2.45) is 0 Å². The maximum absolute atomic E-state index is 11.8. The van der Waals surface area contributed by atoms with Gasteiger partial charge in [0.1, 0.15) is 11.3 Å². The minimum atomic E-state index is -1.02. The van der Waals surface area contributed by atoms with E-state index in [1.165, 1.54) is 18.9 Å². The maximum atomic E-state index is 11.8. The third-order valence-corrected chi connectivity index (χ3v) is 4.50. The third kappa shape index (κ3) is 3.28. The van der Waals surface area contributed by atoms with Crippen LogP contribution in [0.1, 0.15) is 15.9 Å². The summed E-state index contributed by atoms with van der Waals surface area (Å²) in [6, 6.07) is 11.1. The number of ether oxygens (including phenoxy) is 1. The number of aromatic carboxylic acids is 1. The largest absolute Gasteiger partial charge is 0.495 e. The minimum absolute atomic E-state index is 0.166. The molecule has 1 aromatic carbocycles. The summed E-state index contributed by atoms with van der Waals surface area (Å²) < 4.78 is 10.5. The van der Waals surface area contributed by atoms with E-state index >= 15 is 0 Å². The third-order valence-electron chi connectivity index (χ3n) is 3.51. The van der Waals surface area contributed by atoms with E-state index in [-0.39, 0.29) is 5.56 Å². The van der Waals surface area contributed by atoms with E-state index in [4.69, 9.17) is 9.15 Å². The van der Waals surface area contributed by atoms with Gasteiger partial charge in [0.2, 0.25) is 0 Å². The number of hydrogen-bond donors (Lipinski definition) is 1. The van der Waals surface area contributed by atoms with E-state index in [0.29, 0.717) is 22.6 Å². The van der Waals surface area contributed by atoms with Gasteiger partial charge in [-0.2, -0.15) is 0 Å². The van der Waals surface area contributed by atoms with Crippen molar-refractivity contribution in [3.63, 3.8) is 0 Å². The Balaban J connectivity index is 1.99. The number of rotatable bonds is 6. The molecule has 0 aliphatic rings. The van der Waals surface area contributed by atoms with Crippen molar-refractivity contribution in [3.05, 3.63) is 66.2 Å². The summed E-state index contributed by atoms with van der Waals surface area (Å²) in [5, 5.41) is 10.5. The SMILES string of the molecule is COc1c(-c2ccoc2)ccc(CSc2ccccn2)c1C(=O)O. The topological polar surface area (TPSA) is 72.6 Å². The minimum Gasteiger partial charge on any atom is -0.495 e. The highest BCUT2D eigenvalue weighted by Crippen LogP contribution is 2.37. The van der Waals surface area contributed by atoms with Gasteiger partial charge in [-0.3, -0.25) is 0 Å². The average Bonchev–Trinajstić information content (AvgIpc) is 3.14. The van der Waals surface area contributed by atoms with Crippen molar-refractivity contribution in [1.29, 1.82) is 0 Å². The van der Waals surface area contributed by atoms with Crippen LogP contribution in [-0.2, 0) is 5.75 Å². The summed E-state index contributed by atoms with van der Waals surface area (Å²) >= 11 is 1.48. The summed E-state index contributed by atoms with van der Waals surface area (Å²) in [4.78, 5) is 16.0. The van der Waals surface area contributed by atoms with Gasteiger partial charge < -0.3 is 14.3 Å². The number of furan rings is 1. The number of benzene rings is 1. The van der Waals surface area contributed by atoms with Gasteiger partial charge in [-0.25, -0.2) is 9.78 Å². The maximum Gasteiger partial charge on any atom is 0.339 e. The molecule has 3 aromatic rings. The van der Waals surface area contributed by atoms with Crippen molar-refractivity contribution < 1.29 is 19.1 Å². The zero-order valence-electron chi connectivity index (χ0n) is 12.9. The molecule has 2 heterocycles. The first-order chi connectivity index (χ1) is 11.7. The molecule has 0 unspecified atom stereocenters. The lowest BCUT2D eigenvalue weighted by Gasteiger charge is -2.14. The fourth-order valence-electron chi connectivity index (χ4n) is 2.42. The van der Waals surface area contributed by atoms with Crippen LogP contribution in [0.25, 0.3) is 11.1 Å². The molecule has 0 saturated heterocycles. The van der Waals surface area contributed by atoms with Crippen molar-refractivity contribution >= 4 is 17.7 Å². The van der Waals surface area contributed by atoms with Crippen LogP contribution in [0.4, 0.5) is 0 Å². The highest BCUT2D eigenvalue weighted by atomic mass is 32.2. The molecule has 0 atom stereocenters. The number of carboxylic acids is 1. The molecule has 3 rings (SSSR count). The van der Waals surface area contributed by atoms with Crippen LogP contribution in [0.5, 0.6) is 5.75 Å². The van der Waals surface area contributed by atoms with Gasteiger partial charge in [-0.1, -0.05) is 18.2 Å². The zero-order chi connectivity index (χ0) is 16.9. The van der Waals surface area contributed by atoms with Gasteiger partial charge in [0, 0.05) is 23.1 Å². The molecule has 1 N–H and O–H groups in total. The Kier molecular flexibility index (Phi) is 4.86. The van der Waals surface area contributed by atoms with Crippen LogP contribution in [0, 0.1) is 0 Å². The Labute approximate surface area is 143 Å². The second kappa shape index (κ2) is 7.23. The molecule has 0 radical (unpaired) electrons. The Hall–Kier alpha value is -2.73. The number of pyridine rings is 1. The zero-order valence-corrected chi connectivity index (χ0v) is 13.7. The van der Waals surface area contributed by atoms with Crippen LogP contribution in [-0.4, -0.2) is 23.2 Å². The molecule has 0 aliphatic heterocycles. The summed E-state index contributed by atoms with van der Waals surface area (Å²) in [7, 11) is 1.47. The quantitative estimate of drug-likeness (QED) is 0.672. The van der Waals surface area contributed by atoms with Crippen LogP contribution in [0.15, 0.2) is 64.6 Å². The average molecular weight is 341 g/mol. The van der Waals surface area contributed by atoms with Crippen molar-refractivity contribution in [2.75, 3.05) is 7.11 Å².